The molecule has 136 valence electrons. The second kappa shape index (κ2) is 6.79. The average molecular weight is 415 g/mol. The fraction of sp³-hybridized carbons (Fsp3) is 0.125. The van der Waals surface area contributed by atoms with Gasteiger partial charge >= 0.3 is 6.03 Å². The van der Waals surface area contributed by atoms with Gasteiger partial charge in [0.25, 0.3) is 0 Å². The number of nitrogens with one attached hydrogen (secondary N) is 2. The molecule has 0 aromatic heterocycles. The number of carbonyl (C=O) groups excluding carboxylic acids is 2. The van der Waals surface area contributed by atoms with Crippen molar-refractivity contribution in [2.24, 2.45) is 0 Å². The Balaban J connectivity index is 1.90. The first kappa shape index (κ1) is 18.5. The second-order valence-electron chi connectivity index (χ2n) is 5.51. The van der Waals surface area contributed by atoms with Crippen LogP contribution < -0.4 is 10.6 Å². The zero-order valence-electron chi connectivity index (χ0n) is 13.0. The number of hydrogen-bond donors (Lipinski definition) is 3. The molecule has 0 fully saturated rings. The van der Waals surface area contributed by atoms with Crippen LogP contribution in [0.3, 0.4) is 0 Å². The van der Waals surface area contributed by atoms with E-state index in [0.717, 1.165) is 0 Å². The van der Waals surface area contributed by atoms with Gasteiger partial charge in [-0.2, -0.15) is 0 Å². The molecule has 7 nitrogen and oxygen atoms in total. The molecule has 0 atom stereocenters. The molecule has 0 aliphatic carbocycles. The van der Waals surface area contributed by atoms with Gasteiger partial charge < -0.3 is 15.7 Å². The number of sulfone groups is 1. The zero-order valence-corrected chi connectivity index (χ0v) is 15.4. The summed E-state index contributed by atoms with van der Waals surface area (Å²) in [6.45, 7) is 0. The maximum Gasteiger partial charge on any atom is 0.323 e. The number of amides is 2. The van der Waals surface area contributed by atoms with E-state index in [1.54, 1.807) is 12.1 Å². The van der Waals surface area contributed by atoms with Gasteiger partial charge in [0, 0.05) is 12.0 Å². The summed E-state index contributed by atoms with van der Waals surface area (Å²) in [5.74, 6) is -1.45. The molecule has 0 unspecified atom stereocenters. The van der Waals surface area contributed by atoms with Crippen molar-refractivity contribution in [3.8, 4) is 5.75 Å². The molecule has 2 aromatic carbocycles. The molecule has 0 spiro atoms. The molecule has 0 saturated heterocycles. The van der Waals surface area contributed by atoms with Gasteiger partial charge in [-0.15, -0.1) is 0 Å². The van der Waals surface area contributed by atoms with Crippen molar-refractivity contribution in [2.75, 3.05) is 16.4 Å². The highest BCUT2D eigenvalue weighted by atomic mass is 35.5. The number of benzene rings is 2. The maximum atomic E-state index is 12.2. The van der Waals surface area contributed by atoms with E-state index in [1.165, 1.54) is 18.2 Å². The Kier molecular flexibility index (Phi) is 4.83. The summed E-state index contributed by atoms with van der Waals surface area (Å²) in [5, 5.41) is 15.4. The Labute approximate surface area is 158 Å². The fourth-order valence-corrected chi connectivity index (χ4v) is 4.47. The second-order valence-corrected chi connectivity index (χ2v) is 8.34. The van der Waals surface area contributed by atoms with E-state index in [2.05, 4.69) is 10.6 Å². The molecule has 1 aliphatic rings. The summed E-state index contributed by atoms with van der Waals surface area (Å²) in [4.78, 5) is 23.5. The van der Waals surface area contributed by atoms with Crippen LogP contribution in [0.1, 0.15) is 16.8 Å². The van der Waals surface area contributed by atoms with Gasteiger partial charge in [0.2, 0.25) is 0 Å². The number of anilines is 2. The lowest BCUT2D eigenvalue weighted by atomic mass is 10.1. The molecule has 3 rings (SSSR count). The molecule has 10 heteroatoms. The molecule has 3 N–H and O–H groups in total. The first-order valence-corrected chi connectivity index (χ1v) is 9.75. The van der Waals surface area contributed by atoms with E-state index in [0.29, 0.717) is 0 Å². The lowest BCUT2D eigenvalue weighted by Gasteiger charge is -2.19. The predicted molar refractivity (Wildman–Crippen MR) is 98.2 cm³/mol. The molecule has 1 heterocycles. The van der Waals surface area contributed by atoms with Gasteiger partial charge in [0.05, 0.1) is 27.2 Å². The molecule has 2 amide bonds. The van der Waals surface area contributed by atoms with E-state index in [1.807, 2.05) is 0 Å². The molecule has 26 heavy (non-hydrogen) atoms. The van der Waals surface area contributed by atoms with Crippen molar-refractivity contribution >= 4 is 56.2 Å². The normalized spacial score (nSPS) is 15.2. The van der Waals surface area contributed by atoms with Crippen LogP contribution in [0.4, 0.5) is 16.2 Å². The highest BCUT2D eigenvalue weighted by molar-refractivity contribution is 7.91. The number of halogens is 2. The maximum absolute atomic E-state index is 12.2. The van der Waals surface area contributed by atoms with Gasteiger partial charge in [-0.05, 0) is 24.3 Å². The number of urea groups is 1. The number of aromatic hydroxyl groups is 1. The van der Waals surface area contributed by atoms with Crippen LogP contribution >= 0.6 is 23.2 Å². The largest absolute Gasteiger partial charge is 0.504 e. The van der Waals surface area contributed by atoms with Crippen molar-refractivity contribution in [1.82, 2.24) is 0 Å². The van der Waals surface area contributed by atoms with Gasteiger partial charge in [-0.1, -0.05) is 29.3 Å². The highest BCUT2D eigenvalue weighted by Gasteiger charge is 2.33. The number of Topliss-reactive ketones (excluding diaryl/α,β-unsaturated/α-hetero) is 1. The van der Waals surface area contributed by atoms with Crippen LogP contribution in [0.5, 0.6) is 5.75 Å². The Morgan fingerprint density at radius 3 is 2.50 bits per heavy atom. The topological polar surface area (TPSA) is 113 Å². The summed E-state index contributed by atoms with van der Waals surface area (Å²) in [6.07, 6.45) is -0.144. The molecule has 1 aliphatic heterocycles. The van der Waals surface area contributed by atoms with Crippen molar-refractivity contribution in [2.45, 2.75) is 11.3 Å². The minimum Gasteiger partial charge on any atom is -0.504 e. The Morgan fingerprint density at radius 1 is 1.08 bits per heavy atom. The first-order valence-electron chi connectivity index (χ1n) is 7.34. The van der Waals surface area contributed by atoms with Crippen molar-refractivity contribution in [3.63, 3.8) is 0 Å². The van der Waals surface area contributed by atoms with Crippen LogP contribution in [-0.2, 0) is 9.84 Å². The Morgan fingerprint density at radius 2 is 1.77 bits per heavy atom. The quantitative estimate of drug-likeness (QED) is 0.648. The SMILES string of the molecule is O=C(Nc1ccc2c(c1O)S(=O)(=O)CCC2=O)Nc1cccc(Cl)c1Cl. The molecule has 0 saturated carbocycles. The van der Waals surface area contributed by atoms with Crippen LogP contribution in [0.15, 0.2) is 35.2 Å². The van der Waals surface area contributed by atoms with Crippen LogP contribution in [0, 0.1) is 0 Å². The van der Waals surface area contributed by atoms with E-state index < -0.39 is 26.5 Å². The van der Waals surface area contributed by atoms with Crippen LogP contribution in [-0.4, -0.2) is 31.1 Å². The number of carbonyl (C=O) groups is 2. The van der Waals surface area contributed by atoms with Gasteiger partial charge in [0.15, 0.2) is 21.4 Å². The Bertz CT molecular complexity index is 1040. The molecule has 2 aromatic rings. The molecule has 0 bridgehead atoms. The lowest BCUT2D eigenvalue weighted by Crippen LogP contribution is -2.23. The smallest absolute Gasteiger partial charge is 0.323 e. The zero-order chi connectivity index (χ0) is 19.1. The summed E-state index contributed by atoms with van der Waals surface area (Å²) in [7, 11) is -3.82. The first-order chi connectivity index (χ1) is 12.2. The van der Waals surface area contributed by atoms with E-state index in [9.17, 15) is 23.1 Å². The fourth-order valence-electron chi connectivity index (χ4n) is 2.55. The number of rotatable bonds is 2. The number of phenolic OH excluding ortho intramolecular Hbond substituents is 1. The number of fused-ring (bicyclic) bond motifs is 1. The highest BCUT2D eigenvalue weighted by Crippen LogP contribution is 2.38. The third-order valence-corrected chi connectivity index (χ3v) is 6.38. The van der Waals surface area contributed by atoms with Crippen molar-refractivity contribution < 1.29 is 23.1 Å². The van der Waals surface area contributed by atoms with Crippen molar-refractivity contribution in [1.29, 1.82) is 0 Å². The third kappa shape index (κ3) is 3.35. The standard InChI is InChI=1S/C16H12Cl2N2O5S/c17-9-2-1-3-10(13(9)18)19-16(23)20-11-5-4-8-12(21)6-7-26(24,25)15(8)14(11)22/h1-5,22H,6-7H2,(H2,19,20,23). The predicted octanol–water partition coefficient (Wildman–Crippen LogP) is 3.70. The number of hydrogen-bond acceptors (Lipinski definition) is 5. The molecular formula is C16H12Cl2N2O5S. The van der Waals surface area contributed by atoms with Crippen LogP contribution in [0.25, 0.3) is 0 Å². The Hall–Kier alpha value is -2.29. The van der Waals surface area contributed by atoms with Gasteiger partial charge in [-0.3, -0.25) is 4.79 Å². The van der Waals surface area contributed by atoms with E-state index >= 15 is 0 Å². The molecule has 0 radical (unpaired) electrons. The van der Waals surface area contributed by atoms with E-state index in [-0.39, 0.29) is 44.9 Å². The monoisotopic (exact) mass is 414 g/mol. The molecular weight excluding hydrogens is 403 g/mol. The lowest BCUT2D eigenvalue weighted by molar-refractivity contribution is 0.0982. The third-order valence-electron chi connectivity index (χ3n) is 3.79. The summed E-state index contributed by atoms with van der Waals surface area (Å²) in [5.41, 5.74) is -0.00724. The minimum absolute atomic E-state index is 0.0856. The number of ketones is 1. The minimum atomic E-state index is -3.82. The summed E-state index contributed by atoms with van der Waals surface area (Å²) < 4.78 is 24.4. The average Bonchev–Trinajstić information content (AvgIpc) is 2.57. The van der Waals surface area contributed by atoms with Gasteiger partial charge in [0.1, 0.15) is 4.90 Å². The van der Waals surface area contributed by atoms with Gasteiger partial charge in [-0.25, -0.2) is 13.2 Å². The summed E-state index contributed by atoms with van der Waals surface area (Å²) >= 11 is 11.8. The summed E-state index contributed by atoms with van der Waals surface area (Å²) in [6, 6.07) is 6.39. The van der Waals surface area contributed by atoms with E-state index in [4.69, 9.17) is 23.2 Å². The van der Waals surface area contributed by atoms with Crippen molar-refractivity contribution in [3.05, 3.63) is 45.9 Å². The van der Waals surface area contributed by atoms with Crippen LogP contribution in [0.2, 0.25) is 10.0 Å². The number of phenols is 1.